The maximum atomic E-state index is 5.72. The standard InChI is InChI=1S/C15H22NO/c1-14(16-11-6-3-7-12-16)10-13-17-15-8-4-2-5-9-15/h2,4-5,8-9H,3,6-7,10-13H2,1H3. The Morgan fingerprint density at radius 1 is 1.12 bits per heavy atom. The predicted molar refractivity (Wildman–Crippen MR) is 70.9 cm³/mol. The Bertz CT molecular complexity index is 306. The smallest absolute Gasteiger partial charge is 0.119 e. The van der Waals surface area contributed by atoms with Gasteiger partial charge in [-0.3, -0.25) is 4.90 Å². The van der Waals surface area contributed by atoms with Gasteiger partial charge < -0.3 is 4.74 Å². The molecule has 2 rings (SSSR count). The molecule has 0 spiro atoms. The van der Waals surface area contributed by atoms with Crippen molar-refractivity contribution in [2.24, 2.45) is 0 Å². The fourth-order valence-corrected chi connectivity index (χ4v) is 2.27. The van der Waals surface area contributed by atoms with Gasteiger partial charge in [-0.15, -0.1) is 0 Å². The first-order valence-corrected chi connectivity index (χ1v) is 6.61. The van der Waals surface area contributed by atoms with Crippen LogP contribution in [-0.4, -0.2) is 24.6 Å². The van der Waals surface area contributed by atoms with E-state index in [-0.39, 0.29) is 0 Å². The molecule has 1 aliphatic rings. The van der Waals surface area contributed by atoms with Crippen LogP contribution in [0.2, 0.25) is 0 Å². The van der Waals surface area contributed by atoms with E-state index in [1.54, 1.807) is 0 Å². The van der Waals surface area contributed by atoms with Crippen molar-refractivity contribution in [3.05, 3.63) is 36.4 Å². The third kappa shape index (κ3) is 4.04. The van der Waals surface area contributed by atoms with Gasteiger partial charge in [-0.25, -0.2) is 0 Å². The summed E-state index contributed by atoms with van der Waals surface area (Å²) in [4.78, 5) is 2.51. The molecule has 1 aliphatic heterocycles. The molecule has 1 aromatic rings. The topological polar surface area (TPSA) is 12.5 Å². The number of para-hydroxylation sites is 1. The number of likely N-dealkylation sites (tertiary alicyclic amines) is 1. The van der Waals surface area contributed by atoms with Crippen molar-refractivity contribution in [3.8, 4) is 5.75 Å². The van der Waals surface area contributed by atoms with Crippen LogP contribution in [-0.2, 0) is 0 Å². The number of rotatable bonds is 5. The number of hydrogen-bond donors (Lipinski definition) is 0. The third-order valence-corrected chi connectivity index (χ3v) is 3.37. The van der Waals surface area contributed by atoms with Gasteiger partial charge in [0.05, 0.1) is 6.61 Å². The lowest BCUT2D eigenvalue weighted by Gasteiger charge is -2.31. The van der Waals surface area contributed by atoms with Crippen LogP contribution in [0.5, 0.6) is 5.75 Å². The zero-order valence-electron chi connectivity index (χ0n) is 10.7. The molecule has 0 amide bonds. The quantitative estimate of drug-likeness (QED) is 0.770. The van der Waals surface area contributed by atoms with E-state index in [1.807, 2.05) is 30.3 Å². The number of piperidine rings is 1. The maximum Gasteiger partial charge on any atom is 0.119 e. The Morgan fingerprint density at radius 2 is 1.82 bits per heavy atom. The average Bonchev–Trinajstić information content (AvgIpc) is 2.41. The van der Waals surface area contributed by atoms with Crippen molar-refractivity contribution in [2.75, 3.05) is 19.7 Å². The second-order valence-corrected chi connectivity index (χ2v) is 4.69. The monoisotopic (exact) mass is 232 g/mol. The number of ether oxygens (including phenoxy) is 1. The van der Waals surface area contributed by atoms with Gasteiger partial charge in [0.15, 0.2) is 0 Å². The first-order chi connectivity index (χ1) is 8.36. The van der Waals surface area contributed by atoms with Gasteiger partial charge in [0, 0.05) is 12.5 Å². The van der Waals surface area contributed by atoms with Crippen LogP contribution >= 0.6 is 0 Å². The molecule has 17 heavy (non-hydrogen) atoms. The normalized spacial score (nSPS) is 17.3. The molecule has 0 aromatic heterocycles. The highest BCUT2D eigenvalue weighted by Gasteiger charge is 2.16. The van der Waals surface area contributed by atoms with Crippen LogP contribution in [0, 0.1) is 6.04 Å². The highest BCUT2D eigenvalue weighted by Crippen LogP contribution is 2.19. The Hall–Kier alpha value is -1.02. The van der Waals surface area contributed by atoms with Crippen molar-refractivity contribution < 1.29 is 4.74 Å². The first kappa shape index (κ1) is 12.4. The predicted octanol–water partition coefficient (Wildman–Crippen LogP) is 3.49. The van der Waals surface area contributed by atoms with Crippen molar-refractivity contribution in [3.63, 3.8) is 0 Å². The summed E-state index contributed by atoms with van der Waals surface area (Å²) in [6.45, 7) is 5.49. The summed E-state index contributed by atoms with van der Waals surface area (Å²) in [6.07, 6.45) is 5.12. The molecule has 0 N–H and O–H groups in total. The van der Waals surface area contributed by atoms with Crippen LogP contribution in [0.4, 0.5) is 0 Å². The fraction of sp³-hybridized carbons (Fsp3) is 0.533. The minimum Gasteiger partial charge on any atom is -0.494 e. The summed E-state index contributed by atoms with van der Waals surface area (Å²) < 4.78 is 5.72. The van der Waals surface area contributed by atoms with Crippen LogP contribution in [0.1, 0.15) is 32.6 Å². The molecule has 93 valence electrons. The molecule has 0 aliphatic carbocycles. The van der Waals surface area contributed by atoms with Crippen LogP contribution in [0.3, 0.4) is 0 Å². The van der Waals surface area contributed by atoms with E-state index >= 15 is 0 Å². The molecule has 0 atom stereocenters. The molecular weight excluding hydrogens is 210 g/mol. The molecule has 1 fully saturated rings. The Labute approximate surface area is 105 Å². The Balaban J connectivity index is 1.67. The number of nitrogens with zero attached hydrogens (tertiary/aromatic N) is 1. The van der Waals surface area contributed by atoms with E-state index in [0.29, 0.717) is 0 Å². The van der Waals surface area contributed by atoms with E-state index in [9.17, 15) is 0 Å². The van der Waals surface area contributed by atoms with Crippen molar-refractivity contribution in [2.45, 2.75) is 32.6 Å². The summed E-state index contributed by atoms with van der Waals surface area (Å²) in [5.74, 6) is 0.971. The Kier molecular flexibility index (Phi) is 4.87. The minimum absolute atomic E-state index is 0.784. The highest BCUT2D eigenvalue weighted by atomic mass is 16.5. The summed E-state index contributed by atoms with van der Waals surface area (Å²) in [6, 6.07) is 11.5. The van der Waals surface area contributed by atoms with Crippen LogP contribution < -0.4 is 4.74 Å². The second kappa shape index (κ2) is 6.65. The van der Waals surface area contributed by atoms with Gasteiger partial charge in [0.1, 0.15) is 5.75 Å². The zero-order chi connectivity index (χ0) is 11.9. The highest BCUT2D eigenvalue weighted by molar-refractivity contribution is 5.20. The first-order valence-electron chi connectivity index (χ1n) is 6.61. The van der Waals surface area contributed by atoms with Crippen molar-refractivity contribution >= 4 is 0 Å². The molecule has 1 radical (unpaired) electrons. The van der Waals surface area contributed by atoms with E-state index in [0.717, 1.165) is 18.8 Å². The Morgan fingerprint density at radius 3 is 2.53 bits per heavy atom. The molecule has 0 saturated carbocycles. The van der Waals surface area contributed by atoms with Crippen molar-refractivity contribution in [1.82, 2.24) is 4.90 Å². The van der Waals surface area contributed by atoms with Gasteiger partial charge in [-0.05, 0) is 45.0 Å². The lowest BCUT2D eigenvalue weighted by molar-refractivity contribution is 0.210. The molecule has 0 unspecified atom stereocenters. The van der Waals surface area contributed by atoms with E-state index < -0.39 is 0 Å². The van der Waals surface area contributed by atoms with E-state index in [4.69, 9.17) is 4.74 Å². The van der Waals surface area contributed by atoms with Crippen LogP contribution in [0.15, 0.2) is 30.3 Å². The van der Waals surface area contributed by atoms with E-state index in [2.05, 4.69) is 11.8 Å². The average molecular weight is 232 g/mol. The molecular formula is C15H22NO. The van der Waals surface area contributed by atoms with Gasteiger partial charge in [-0.1, -0.05) is 24.6 Å². The zero-order valence-corrected chi connectivity index (χ0v) is 10.7. The molecule has 1 saturated heterocycles. The summed E-state index contributed by atoms with van der Waals surface area (Å²) in [5.41, 5.74) is 0. The van der Waals surface area contributed by atoms with Gasteiger partial charge in [0.2, 0.25) is 0 Å². The SMILES string of the molecule is C[C](CCOc1ccccc1)N1CCCCC1. The molecule has 0 bridgehead atoms. The van der Waals surface area contributed by atoms with E-state index in [1.165, 1.54) is 38.4 Å². The minimum atomic E-state index is 0.784. The molecule has 1 aromatic carbocycles. The summed E-state index contributed by atoms with van der Waals surface area (Å²) in [5, 5.41) is 0. The summed E-state index contributed by atoms with van der Waals surface area (Å²) >= 11 is 0. The third-order valence-electron chi connectivity index (χ3n) is 3.37. The van der Waals surface area contributed by atoms with Gasteiger partial charge in [0.25, 0.3) is 0 Å². The lowest BCUT2D eigenvalue weighted by atomic mass is 10.1. The van der Waals surface area contributed by atoms with Crippen molar-refractivity contribution in [1.29, 1.82) is 0 Å². The molecule has 1 heterocycles. The summed E-state index contributed by atoms with van der Waals surface area (Å²) in [7, 11) is 0. The lowest BCUT2D eigenvalue weighted by Crippen LogP contribution is -2.33. The van der Waals surface area contributed by atoms with Gasteiger partial charge in [-0.2, -0.15) is 0 Å². The fourth-order valence-electron chi connectivity index (χ4n) is 2.27. The number of benzene rings is 1. The number of hydrogen-bond acceptors (Lipinski definition) is 2. The van der Waals surface area contributed by atoms with Crippen LogP contribution in [0.25, 0.3) is 0 Å². The maximum absolute atomic E-state index is 5.72. The van der Waals surface area contributed by atoms with Gasteiger partial charge >= 0.3 is 0 Å². The molecule has 2 nitrogen and oxygen atoms in total. The molecule has 2 heteroatoms. The largest absolute Gasteiger partial charge is 0.494 e. The second-order valence-electron chi connectivity index (χ2n) is 4.69.